The number of pyridine rings is 1. The van der Waals surface area contributed by atoms with Gasteiger partial charge in [0.2, 0.25) is 5.79 Å². The fourth-order valence-corrected chi connectivity index (χ4v) is 5.72. The minimum atomic E-state index is -2.03. The second-order valence-corrected chi connectivity index (χ2v) is 10.9. The van der Waals surface area contributed by atoms with Crippen LogP contribution >= 0.6 is 23.2 Å². The molecule has 9 heteroatoms. The Hall–Kier alpha value is -3.27. The largest absolute Gasteiger partial charge is 0.374 e. The third kappa shape index (κ3) is 6.23. The zero-order valence-corrected chi connectivity index (χ0v) is 24.2. The maximum atomic E-state index is 12.5. The van der Waals surface area contributed by atoms with Gasteiger partial charge in [0.05, 0.1) is 31.5 Å². The van der Waals surface area contributed by atoms with E-state index in [0.717, 1.165) is 16.7 Å². The van der Waals surface area contributed by atoms with Gasteiger partial charge in [0.25, 0.3) is 0 Å². The molecule has 0 saturated carbocycles. The van der Waals surface area contributed by atoms with Crippen molar-refractivity contribution in [3.63, 3.8) is 0 Å². The number of halogens is 2. The molecule has 1 aliphatic heterocycles. The Labute approximate surface area is 254 Å². The standard InChI is InChI=1S/C33H30Cl2N2O5/c34-26-16-17-29-36-28(35)18-37(29)31(26)33(38)32(41-21-25-14-8-3-9-15-25)30(40-20-24-12-6-2-7-13-24)27(42-33)22-39-19-23-10-4-1-5-11-23/h1-18,27,30,32,38H,19-22H2/t27-,30-,32-,33?/m1/s1. The van der Waals surface area contributed by atoms with Crippen molar-refractivity contribution in [2.24, 2.45) is 0 Å². The van der Waals surface area contributed by atoms with Gasteiger partial charge in [-0.2, -0.15) is 0 Å². The average Bonchev–Trinajstić information content (AvgIpc) is 3.52. The minimum absolute atomic E-state index is 0.139. The molecule has 1 N–H and O–H groups in total. The van der Waals surface area contributed by atoms with E-state index in [4.69, 9.17) is 42.1 Å². The van der Waals surface area contributed by atoms with E-state index in [1.54, 1.807) is 22.7 Å². The number of aromatic nitrogens is 2. The summed E-state index contributed by atoms with van der Waals surface area (Å²) in [5, 5.41) is 13.0. The maximum Gasteiger partial charge on any atom is 0.240 e. The van der Waals surface area contributed by atoms with Gasteiger partial charge in [-0.15, -0.1) is 0 Å². The molecule has 4 atom stereocenters. The topological polar surface area (TPSA) is 74.5 Å². The molecule has 1 unspecified atom stereocenters. The van der Waals surface area contributed by atoms with Gasteiger partial charge in [0.1, 0.15) is 34.8 Å². The monoisotopic (exact) mass is 604 g/mol. The Morgan fingerprint density at radius 3 is 1.95 bits per heavy atom. The van der Waals surface area contributed by atoms with E-state index >= 15 is 0 Å². The van der Waals surface area contributed by atoms with E-state index in [1.165, 1.54) is 0 Å². The zero-order chi connectivity index (χ0) is 28.9. The molecule has 5 aromatic rings. The first-order valence-electron chi connectivity index (χ1n) is 13.7. The van der Waals surface area contributed by atoms with Crippen LogP contribution in [0.5, 0.6) is 0 Å². The summed E-state index contributed by atoms with van der Waals surface area (Å²) in [6.07, 6.45) is -0.822. The second kappa shape index (κ2) is 12.9. The highest BCUT2D eigenvalue weighted by molar-refractivity contribution is 6.31. The van der Waals surface area contributed by atoms with Crippen LogP contribution in [0.15, 0.2) is 109 Å². The van der Waals surface area contributed by atoms with Crippen LogP contribution in [-0.2, 0) is 44.6 Å². The van der Waals surface area contributed by atoms with Gasteiger partial charge < -0.3 is 24.1 Å². The summed E-state index contributed by atoms with van der Waals surface area (Å²) >= 11 is 13.0. The molecular weight excluding hydrogens is 575 g/mol. The number of rotatable bonds is 11. The van der Waals surface area contributed by atoms with Crippen LogP contribution in [-0.4, -0.2) is 39.4 Å². The lowest BCUT2D eigenvalue weighted by Gasteiger charge is -2.32. The van der Waals surface area contributed by atoms with Crippen LogP contribution in [0.25, 0.3) is 5.65 Å². The molecule has 42 heavy (non-hydrogen) atoms. The molecule has 3 heterocycles. The predicted molar refractivity (Wildman–Crippen MR) is 160 cm³/mol. The lowest BCUT2D eigenvalue weighted by Crippen LogP contribution is -2.45. The molecule has 0 amide bonds. The van der Waals surface area contributed by atoms with E-state index in [1.807, 2.05) is 91.0 Å². The summed E-state index contributed by atoms with van der Waals surface area (Å²) in [5.74, 6) is -2.03. The van der Waals surface area contributed by atoms with Gasteiger partial charge in [0.15, 0.2) is 0 Å². The van der Waals surface area contributed by atoms with Gasteiger partial charge in [-0.25, -0.2) is 4.98 Å². The first-order chi connectivity index (χ1) is 20.5. The van der Waals surface area contributed by atoms with Crippen molar-refractivity contribution in [3.05, 3.63) is 142 Å². The van der Waals surface area contributed by atoms with Crippen LogP contribution < -0.4 is 0 Å². The van der Waals surface area contributed by atoms with Crippen molar-refractivity contribution in [3.8, 4) is 0 Å². The Kier molecular flexibility index (Phi) is 8.88. The predicted octanol–water partition coefficient (Wildman–Crippen LogP) is 6.57. The van der Waals surface area contributed by atoms with Crippen LogP contribution in [0.4, 0.5) is 0 Å². The maximum absolute atomic E-state index is 12.5. The smallest absolute Gasteiger partial charge is 0.240 e. The summed E-state index contributed by atoms with van der Waals surface area (Å²) in [4.78, 5) is 4.34. The number of fused-ring (bicyclic) bond motifs is 1. The molecule has 0 aliphatic carbocycles. The third-order valence-electron chi connectivity index (χ3n) is 7.22. The van der Waals surface area contributed by atoms with E-state index < -0.39 is 24.1 Å². The molecule has 1 saturated heterocycles. The molecule has 0 bridgehead atoms. The Morgan fingerprint density at radius 2 is 1.33 bits per heavy atom. The zero-order valence-electron chi connectivity index (χ0n) is 22.7. The number of hydrogen-bond donors (Lipinski definition) is 1. The van der Waals surface area contributed by atoms with Crippen LogP contribution in [0.3, 0.4) is 0 Å². The molecule has 7 nitrogen and oxygen atoms in total. The quantitative estimate of drug-likeness (QED) is 0.184. The Balaban J connectivity index is 1.37. The van der Waals surface area contributed by atoms with Crippen molar-refractivity contribution in [1.29, 1.82) is 0 Å². The minimum Gasteiger partial charge on any atom is -0.374 e. The highest BCUT2D eigenvalue weighted by atomic mass is 35.5. The Bertz CT molecular complexity index is 1600. The van der Waals surface area contributed by atoms with Gasteiger partial charge in [-0.1, -0.05) is 114 Å². The SMILES string of the molecule is OC1(c2c(Cl)ccc3nc(Cl)cn23)O[C@H](COCc2ccccc2)[C@@H](OCc2ccccc2)[C@H]1OCc1ccccc1. The Morgan fingerprint density at radius 1 is 0.762 bits per heavy atom. The van der Waals surface area contributed by atoms with Gasteiger partial charge >= 0.3 is 0 Å². The number of aliphatic hydroxyl groups is 1. The van der Waals surface area contributed by atoms with E-state index in [9.17, 15) is 5.11 Å². The molecule has 3 aromatic carbocycles. The molecule has 0 radical (unpaired) electrons. The third-order valence-corrected chi connectivity index (χ3v) is 7.71. The molecule has 6 rings (SSSR count). The summed E-state index contributed by atoms with van der Waals surface area (Å²) in [7, 11) is 0. The number of imidazole rings is 1. The number of hydrogen-bond acceptors (Lipinski definition) is 6. The van der Waals surface area contributed by atoms with E-state index in [-0.39, 0.29) is 35.7 Å². The fourth-order valence-electron chi connectivity index (χ4n) is 5.25. The average molecular weight is 606 g/mol. The van der Waals surface area contributed by atoms with Gasteiger partial charge in [-0.3, -0.25) is 4.40 Å². The van der Waals surface area contributed by atoms with E-state index in [0.29, 0.717) is 12.3 Å². The summed E-state index contributed by atoms with van der Waals surface area (Å²) in [5.41, 5.74) is 3.67. The van der Waals surface area contributed by atoms with Gasteiger partial charge in [-0.05, 0) is 28.8 Å². The number of ether oxygens (including phenoxy) is 4. The second-order valence-electron chi connectivity index (χ2n) is 10.2. The molecule has 216 valence electrons. The molecule has 1 fully saturated rings. The lowest BCUT2D eigenvalue weighted by atomic mass is 10.0. The number of benzene rings is 3. The summed E-state index contributed by atoms with van der Waals surface area (Å²) < 4.78 is 27.2. The van der Waals surface area contributed by atoms with Crippen molar-refractivity contribution in [2.45, 2.75) is 43.9 Å². The summed E-state index contributed by atoms with van der Waals surface area (Å²) in [6, 6.07) is 32.8. The normalized spacial score (nSPS) is 22.1. The highest BCUT2D eigenvalue weighted by Gasteiger charge is 2.59. The highest BCUT2D eigenvalue weighted by Crippen LogP contribution is 2.44. The van der Waals surface area contributed by atoms with Crippen LogP contribution in [0.1, 0.15) is 22.4 Å². The molecule has 1 aliphatic rings. The van der Waals surface area contributed by atoms with Crippen molar-refractivity contribution < 1.29 is 24.1 Å². The molecular formula is C33H30Cl2N2O5. The van der Waals surface area contributed by atoms with Crippen molar-refractivity contribution in [2.75, 3.05) is 6.61 Å². The fraction of sp³-hybridized carbons (Fsp3) is 0.242. The summed E-state index contributed by atoms with van der Waals surface area (Å²) in [6.45, 7) is 0.992. The van der Waals surface area contributed by atoms with E-state index in [2.05, 4.69) is 4.98 Å². The lowest BCUT2D eigenvalue weighted by molar-refractivity contribution is -0.255. The van der Waals surface area contributed by atoms with Crippen LogP contribution in [0, 0.1) is 0 Å². The van der Waals surface area contributed by atoms with Crippen molar-refractivity contribution >= 4 is 28.8 Å². The van der Waals surface area contributed by atoms with Crippen molar-refractivity contribution in [1.82, 2.24) is 9.38 Å². The number of nitrogens with zero attached hydrogens (tertiary/aromatic N) is 2. The molecule has 2 aromatic heterocycles. The molecule has 0 spiro atoms. The van der Waals surface area contributed by atoms with Gasteiger partial charge in [0, 0.05) is 6.20 Å². The van der Waals surface area contributed by atoms with Crippen LogP contribution in [0.2, 0.25) is 10.2 Å². The first-order valence-corrected chi connectivity index (χ1v) is 14.4. The first kappa shape index (κ1) is 28.8.